The Morgan fingerprint density at radius 1 is 0.633 bits per heavy atom. The van der Waals surface area contributed by atoms with E-state index in [1.165, 1.54) is 19.3 Å². The molecule has 60 heavy (non-hydrogen) atoms. The molecule has 0 bridgehead atoms. The highest BCUT2D eigenvalue weighted by molar-refractivity contribution is 7.47. The van der Waals surface area contributed by atoms with E-state index in [1.807, 2.05) is 63.7 Å². The molecule has 0 aromatic rings. The number of phosphoric ester groups is 1. The molecule has 0 aromatic heterocycles. The van der Waals surface area contributed by atoms with E-state index in [0.29, 0.717) is 43.1 Å². The van der Waals surface area contributed by atoms with E-state index < -0.39 is 44.7 Å². The Bertz CT molecular complexity index is 1380. The van der Waals surface area contributed by atoms with Crippen LogP contribution < -0.4 is 0 Å². The molecule has 0 radical (unpaired) electrons. The zero-order valence-corrected chi connectivity index (χ0v) is 38.5. The monoisotopic (exact) mass is 863 g/mol. The molecule has 0 spiro atoms. The maximum Gasteiger partial charge on any atom is 0.472 e. The Kier molecular flexibility index (Phi) is 36.7. The Balaban J connectivity index is 4.65. The fourth-order valence-corrected chi connectivity index (χ4v) is 5.99. The van der Waals surface area contributed by atoms with Gasteiger partial charge in [-0.3, -0.25) is 18.6 Å². The lowest BCUT2D eigenvalue weighted by Gasteiger charge is -2.24. The molecule has 0 aliphatic heterocycles. The summed E-state index contributed by atoms with van der Waals surface area (Å²) in [7, 11) is 1.33. The molecule has 342 valence electrons. The highest BCUT2D eigenvalue weighted by Crippen LogP contribution is 2.43. The van der Waals surface area contributed by atoms with Crippen LogP contribution in [0.3, 0.4) is 0 Å². The fraction of sp³-hybridized carbons (Fsp3) is 0.625. The van der Waals surface area contributed by atoms with E-state index >= 15 is 0 Å². The van der Waals surface area contributed by atoms with E-state index in [-0.39, 0.29) is 26.1 Å². The van der Waals surface area contributed by atoms with Crippen LogP contribution >= 0.6 is 7.82 Å². The minimum Gasteiger partial charge on any atom is -0.462 e. The summed E-state index contributed by atoms with van der Waals surface area (Å²) >= 11 is 0. The van der Waals surface area contributed by atoms with Gasteiger partial charge in [-0.1, -0.05) is 143 Å². The first-order chi connectivity index (χ1) is 28.8. The van der Waals surface area contributed by atoms with Crippen LogP contribution in [0.25, 0.3) is 0 Å². The van der Waals surface area contributed by atoms with E-state index in [4.69, 9.17) is 18.5 Å². The number of carbonyl (C=O) groups excluding carboxylic acids is 2. The lowest BCUT2D eigenvalue weighted by molar-refractivity contribution is -0.870. The van der Waals surface area contributed by atoms with Gasteiger partial charge in [0.15, 0.2) is 6.10 Å². The van der Waals surface area contributed by atoms with E-state index in [2.05, 4.69) is 38.2 Å². The first kappa shape index (κ1) is 56.9. The number of ether oxygens (including phenoxy) is 2. The molecule has 0 amide bonds. The van der Waals surface area contributed by atoms with Gasteiger partial charge in [-0.05, 0) is 70.6 Å². The van der Waals surface area contributed by atoms with Crippen molar-refractivity contribution in [2.75, 3.05) is 47.5 Å². The molecule has 0 aliphatic rings. The summed E-state index contributed by atoms with van der Waals surface area (Å²) in [5.74, 6) is -1.01. The van der Waals surface area contributed by atoms with E-state index in [1.54, 1.807) is 30.4 Å². The number of carbonyl (C=O) groups is 2. The van der Waals surface area contributed by atoms with Gasteiger partial charge in [0.1, 0.15) is 19.8 Å². The average Bonchev–Trinajstić information content (AvgIpc) is 3.19. The van der Waals surface area contributed by atoms with Gasteiger partial charge in [-0.15, -0.1) is 0 Å². The molecule has 12 heteroatoms. The number of hydrogen-bond donors (Lipinski definition) is 3. The quantitative estimate of drug-likeness (QED) is 0.0137. The zero-order valence-electron chi connectivity index (χ0n) is 37.6. The van der Waals surface area contributed by atoms with Crippen molar-refractivity contribution in [3.05, 3.63) is 97.2 Å². The number of likely N-dealkylation sites (N-methyl/N-ethyl adjacent to an activating group) is 1. The number of aliphatic hydroxyl groups excluding tert-OH is 2. The summed E-state index contributed by atoms with van der Waals surface area (Å²) in [6.07, 6.45) is 43.9. The van der Waals surface area contributed by atoms with Crippen LogP contribution in [0.5, 0.6) is 0 Å². The third-order valence-electron chi connectivity index (χ3n) is 8.77. The van der Waals surface area contributed by atoms with Crippen LogP contribution in [-0.2, 0) is 32.7 Å². The summed E-state index contributed by atoms with van der Waals surface area (Å²) in [6.45, 7) is 3.93. The summed E-state index contributed by atoms with van der Waals surface area (Å²) < 4.78 is 34.1. The van der Waals surface area contributed by atoms with E-state index in [9.17, 15) is 29.3 Å². The number of quaternary nitrogens is 1. The van der Waals surface area contributed by atoms with Crippen molar-refractivity contribution >= 4 is 19.8 Å². The second kappa shape index (κ2) is 38.7. The first-order valence-electron chi connectivity index (χ1n) is 22.2. The molecule has 0 saturated heterocycles. The first-order valence-corrected chi connectivity index (χ1v) is 23.7. The van der Waals surface area contributed by atoms with Gasteiger partial charge in [0, 0.05) is 12.8 Å². The average molecular weight is 863 g/mol. The molecule has 0 fully saturated rings. The smallest absolute Gasteiger partial charge is 0.462 e. The van der Waals surface area contributed by atoms with Crippen LogP contribution in [-0.4, -0.2) is 97.3 Å². The predicted octanol–water partition coefficient (Wildman–Crippen LogP) is 10.5. The number of nitrogens with zero attached hydrogens (tertiary/aromatic N) is 1. The SMILES string of the molecule is CC/C=C\C[C@@H](O)/C=C/C=C\C/C=C\C=C\[C@@H](O)/C=C\CCCC(=O)OC[C@H](COP(=O)(O)OCC[N+](C)(C)C)OC(=O)CCCCCCC/C=C\C/C=C\CCCCC. The van der Waals surface area contributed by atoms with Crippen molar-refractivity contribution in [2.45, 2.75) is 148 Å². The summed E-state index contributed by atoms with van der Waals surface area (Å²) in [5, 5.41) is 20.0. The highest BCUT2D eigenvalue weighted by atomic mass is 31.2. The van der Waals surface area contributed by atoms with Crippen molar-refractivity contribution in [2.24, 2.45) is 0 Å². The van der Waals surface area contributed by atoms with Crippen LogP contribution in [0, 0.1) is 0 Å². The van der Waals surface area contributed by atoms with Crippen LogP contribution in [0.2, 0.25) is 0 Å². The Labute approximate surface area is 363 Å². The molecule has 11 nitrogen and oxygen atoms in total. The molecule has 3 N–H and O–H groups in total. The van der Waals surface area contributed by atoms with Crippen molar-refractivity contribution in [3.63, 3.8) is 0 Å². The third-order valence-corrected chi connectivity index (χ3v) is 9.76. The molecule has 0 aromatic carbocycles. The molecule has 0 saturated carbocycles. The van der Waals surface area contributed by atoms with Gasteiger partial charge >= 0.3 is 19.8 Å². The minimum atomic E-state index is -4.43. The van der Waals surface area contributed by atoms with Gasteiger partial charge in [-0.2, -0.15) is 0 Å². The van der Waals surface area contributed by atoms with Gasteiger partial charge < -0.3 is 29.1 Å². The number of allylic oxidation sites excluding steroid dienone is 12. The van der Waals surface area contributed by atoms with Crippen LogP contribution in [0.1, 0.15) is 129 Å². The van der Waals surface area contributed by atoms with Gasteiger partial charge in [-0.25, -0.2) is 4.57 Å². The number of rotatable bonds is 38. The number of phosphoric acid groups is 1. The molecule has 1 unspecified atom stereocenters. The number of hydrogen-bond acceptors (Lipinski definition) is 9. The third kappa shape index (κ3) is 41.6. The topological polar surface area (TPSA) is 149 Å². The van der Waals surface area contributed by atoms with Crippen LogP contribution in [0.15, 0.2) is 97.2 Å². The second-order valence-electron chi connectivity index (χ2n) is 15.7. The standard InChI is InChI=1S/C48H80NO10P/c1-6-8-10-11-12-13-14-15-16-17-18-19-23-26-32-39-48(53)59-46(43-58-60(54,55)57-41-40-49(3,4)5)42-56-47(52)38-33-27-31-37-45(51)36-30-25-22-20-21-24-29-35-44(50)34-28-9-7-2/h9,12-13,15-16,21-22,24-25,28-31,35-37,44-46,50-51H,6-8,10-11,14,17-20,23,26-27,32-34,38-43H2,1-5H3/p+1/b13-12-,16-15-,24-21-,25-22-,28-9-,35-29+,36-30+,37-31-/t44-,45-,46-/m1/s1. The number of unbranched alkanes of at least 4 members (excludes halogenated alkanes) is 9. The van der Waals surface area contributed by atoms with Gasteiger partial charge in [0.05, 0.1) is 40.0 Å². The largest absolute Gasteiger partial charge is 0.472 e. The highest BCUT2D eigenvalue weighted by Gasteiger charge is 2.27. The summed E-state index contributed by atoms with van der Waals surface area (Å²) in [4.78, 5) is 35.4. The lowest BCUT2D eigenvalue weighted by Crippen LogP contribution is -2.37. The Morgan fingerprint density at radius 3 is 1.93 bits per heavy atom. The van der Waals surface area contributed by atoms with Gasteiger partial charge in [0.2, 0.25) is 0 Å². The molecule has 0 rings (SSSR count). The number of aliphatic hydroxyl groups is 2. The molecule has 0 heterocycles. The van der Waals surface area contributed by atoms with E-state index in [0.717, 1.165) is 51.4 Å². The zero-order chi connectivity index (χ0) is 44.6. The van der Waals surface area contributed by atoms with Crippen LogP contribution in [0.4, 0.5) is 0 Å². The molecular weight excluding hydrogens is 781 g/mol. The minimum absolute atomic E-state index is 0.00992. The molecule has 4 atom stereocenters. The number of esters is 2. The Hall–Kier alpha value is -3.15. The maximum atomic E-state index is 12.7. The van der Waals surface area contributed by atoms with Gasteiger partial charge in [0.25, 0.3) is 0 Å². The maximum absolute atomic E-state index is 12.7. The van der Waals surface area contributed by atoms with Crippen molar-refractivity contribution in [1.82, 2.24) is 0 Å². The van der Waals surface area contributed by atoms with Crippen molar-refractivity contribution < 1.29 is 52.3 Å². The summed E-state index contributed by atoms with van der Waals surface area (Å²) in [5.41, 5.74) is 0. The summed E-state index contributed by atoms with van der Waals surface area (Å²) in [6, 6.07) is 0. The lowest BCUT2D eigenvalue weighted by atomic mass is 10.1. The van der Waals surface area contributed by atoms with Crippen molar-refractivity contribution in [1.29, 1.82) is 0 Å². The van der Waals surface area contributed by atoms with Crippen molar-refractivity contribution in [3.8, 4) is 0 Å². The fourth-order valence-electron chi connectivity index (χ4n) is 5.25. The predicted molar refractivity (Wildman–Crippen MR) is 245 cm³/mol. The molecular formula is C48H81NO10P+. The molecule has 0 aliphatic carbocycles. The Morgan fingerprint density at radius 2 is 1.25 bits per heavy atom. The normalized spacial score (nSPS) is 15.5. The second-order valence-corrected chi connectivity index (χ2v) is 17.2.